The molecule has 0 saturated heterocycles. The van der Waals surface area contributed by atoms with Crippen LogP contribution in [0.4, 0.5) is 0 Å². The summed E-state index contributed by atoms with van der Waals surface area (Å²) >= 11 is 0. The topological polar surface area (TPSA) is 85.1 Å². The van der Waals surface area contributed by atoms with Crippen molar-refractivity contribution in [2.45, 2.75) is 38.1 Å². The van der Waals surface area contributed by atoms with E-state index in [-0.39, 0.29) is 10.8 Å². The van der Waals surface area contributed by atoms with E-state index in [1.54, 1.807) is 26.0 Å². The molecule has 2 aromatic carbocycles. The number of nitrogens with one attached hydrogen (secondary N) is 1. The van der Waals surface area contributed by atoms with E-state index in [4.69, 9.17) is 4.42 Å². The van der Waals surface area contributed by atoms with E-state index in [0.29, 0.717) is 17.9 Å². The highest BCUT2D eigenvalue weighted by molar-refractivity contribution is 7.89. The predicted octanol–water partition coefficient (Wildman–Crippen LogP) is 3.26. The number of hydrogen-bond acceptors (Lipinski definition) is 5. The highest BCUT2D eigenvalue weighted by Crippen LogP contribution is 2.23. The van der Waals surface area contributed by atoms with Gasteiger partial charge in [-0.25, -0.2) is 8.42 Å². The molecule has 0 aliphatic carbocycles. The van der Waals surface area contributed by atoms with Gasteiger partial charge in [0.25, 0.3) is 0 Å². The Balaban J connectivity index is 1.94. The summed E-state index contributed by atoms with van der Waals surface area (Å²) in [5.41, 5.74) is 2.67. The zero-order valence-electron chi connectivity index (χ0n) is 14.9. The molecule has 1 atom stereocenters. The lowest BCUT2D eigenvalue weighted by molar-refractivity contribution is 0.411. The van der Waals surface area contributed by atoms with E-state index < -0.39 is 16.1 Å². The fourth-order valence-corrected chi connectivity index (χ4v) is 4.25. The molecule has 0 saturated carbocycles. The van der Waals surface area contributed by atoms with Gasteiger partial charge in [0.05, 0.1) is 4.90 Å². The second kappa shape index (κ2) is 7.39. The first-order chi connectivity index (χ1) is 12.3. The summed E-state index contributed by atoms with van der Waals surface area (Å²) < 4.78 is 34.1. The highest BCUT2D eigenvalue weighted by Gasteiger charge is 2.26. The van der Waals surface area contributed by atoms with Crippen molar-refractivity contribution >= 4 is 10.0 Å². The third-order valence-electron chi connectivity index (χ3n) is 4.04. The van der Waals surface area contributed by atoms with E-state index in [1.807, 2.05) is 43.3 Å². The smallest absolute Gasteiger partial charge is 0.241 e. The van der Waals surface area contributed by atoms with Crippen molar-refractivity contribution < 1.29 is 12.8 Å². The molecule has 0 fully saturated rings. The molecule has 0 aliphatic rings. The minimum absolute atomic E-state index is 0.248. The van der Waals surface area contributed by atoms with Crippen molar-refractivity contribution in [1.29, 1.82) is 0 Å². The first-order valence-electron chi connectivity index (χ1n) is 8.28. The molecule has 0 aliphatic heterocycles. The van der Waals surface area contributed by atoms with Crippen LogP contribution < -0.4 is 4.72 Å². The lowest BCUT2D eigenvalue weighted by atomic mass is 10.1. The molecule has 0 bridgehead atoms. The number of nitrogens with zero attached hydrogens (tertiary/aromatic N) is 2. The van der Waals surface area contributed by atoms with E-state index in [9.17, 15) is 8.42 Å². The van der Waals surface area contributed by atoms with Gasteiger partial charge in [0, 0.05) is 6.92 Å². The van der Waals surface area contributed by atoms with Crippen LogP contribution in [0, 0.1) is 20.8 Å². The summed E-state index contributed by atoms with van der Waals surface area (Å²) in [4.78, 5) is 0.248. The summed E-state index contributed by atoms with van der Waals surface area (Å²) in [6.45, 7) is 5.38. The lowest BCUT2D eigenvalue weighted by Crippen LogP contribution is -2.31. The van der Waals surface area contributed by atoms with Crippen molar-refractivity contribution in [2.24, 2.45) is 0 Å². The van der Waals surface area contributed by atoms with Crippen molar-refractivity contribution in [3.8, 4) is 0 Å². The van der Waals surface area contributed by atoms with Crippen molar-refractivity contribution in [3.05, 3.63) is 77.0 Å². The normalized spacial score (nSPS) is 12.9. The third kappa shape index (κ3) is 4.17. The Hall–Kier alpha value is -2.51. The molecule has 0 radical (unpaired) electrons. The Bertz CT molecular complexity index is 998. The van der Waals surface area contributed by atoms with Crippen LogP contribution in [0.1, 0.15) is 34.5 Å². The number of sulfonamides is 1. The van der Waals surface area contributed by atoms with Gasteiger partial charge in [-0.05, 0) is 37.5 Å². The number of aromatic nitrogens is 2. The van der Waals surface area contributed by atoms with E-state index >= 15 is 0 Å². The van der Waals surface area contributed by atoms with Crippen LogP contribution in [0.15, 0.2) is 57.8 Å². The van der Waals surface area contributed by atoms with Gasteiger partial charge in [-0.3, -0.25) is 0 Å². The summed E-state index contributed by atoms with van der Waals surface area (Å²) in [5.74, 6) is 0.642. The SMILES string of the molecule is Cc1ccc(S(=O)(=O)NC(Cc2ccccc2)c2nnc(C)o2)c(C)c1. The van der Waals surface area contributed by atoms with Crippen LogP contribution in [0.3, 0.4) is 0 Å². The average molecular weight is 371 g/mol. The zero-order chi connectivity index (χ0) is 18.7. The molecule has 3 rings (SSSR count). The van der Waals surface area contributed by atoms with Crippen LogP contribution in [0.25, 0.3) is 0 Å². The summed E-state index contributed by atoms with van der Waals surface area (Å²) in [6, 6.07) is 14.2. The van der Waals surface area contributed by atoms with Crippen molar-refractivity contribution in [3.63, 3.8) is 0 Å². The standard InChI is InChI=1S/C19H21N3O3S/c1-13-9-10-18(14(2)11-13)26(23,24)22-17(19-21-20-15(3)25-19)12-16-7-5-4-6-8-16/h4-11,17,22H,12H2,1-3H3. The van der Waals surface area contributed by atoms with Crippen molar-refractivity contribution in [1.82, 2.24) is 14.9 Å². The molecule has 7 heteroatoms. The molecule has 1 aromatic heterocycles. The molecule has 26 heavy (non-hydrogen) atoms. The summed E-state index contributed by atoms with van der Waals surface area (Å²) in [7, 11) is -3.74. The Labute approximate surface area is 153 Å². The maximum atomic E-state index is 12.9. The molecular weight excluding hydrogens is 350 g/mol. The van der Waals surface area contributed by atoms with E-state index in [0.717, 1.165) is 11.1 Å². The number of benzene rings is 2. The Morgan fingerprint density at radius 1 is 1.04 bits per heavy atom. The Kier molecular flexibility index (Phi) is 5.20. The molecular formula is C19H21N3O3S. The molecule has 1 N–H and O–H groups in total. The monoisotopic (exact) mass is 371 g/mol. The highest BCUT2D eigenvalue weighted by atomic mass is 32.2. The van der Waals surface area contributed by atoms with E-state index in [1.165, 1.54) is 0 Å². The zero-order valence-corrected chi connectivity index (χ0v) is 15.7. The number of hydrogen-bond donors (Lipinski definition) is 1. The third-order valence-corrected chi connectivity index (χ3v) is 5.67. The van der Waals surface area contributed by atoms with Crippen LogP contribution in [-0.4, -0.2) is 18.6 Å². The Morgan fingerprint density at radius 2 is 1.77 bits per heavy atom. The van der Waals surface area contributed by atoms with Gasteiger partial charge in [-0.1, -0.05) is 48.0 Å². The minimum atomic E-state index is -3.74. The fraction of sp³-hybridized carbons (Fsp3) is 0.263. The maximum Gasteiger partial charge on any atom is 0.241 e. The van der Waals surface area contributed by atoms with E-state index in [2.05, 4.69) is 14.9 Å². The van der Waals surface area contributed by atoms with Crippen LogP contribution in [0.5, 0.6) is 0 Å². The second-order valence-electron chi connectivity index (χ2n) is 6.29. The van der Waals surface area contributed by atoms with Gasteiger partial charge >= 0.3 is 0 Å². The van der Waals surface area contributed by atoms with Crippen LogP contribution >= 0.6 is 0 Å². The molecule has 0 spiro atoms. The second-order valence-corrected chi connectivity index (χ2v) is 7.97. The molecule has 3 aromatic rings. The predicted molar refractivity (Wildman–Crippen MR) is 98.2 cm³/mol. The molecule has 6 nitrogen and oxygen atoms in total. The van der Waals surface area contributed by atoms with Gasteiger partial charge in [0.1, 0.15) is 6.04 Å². The quantitative estimate of drug-likeness (QED) is 0.719. The van der Waals surface area contributed by atoms with Gasteiger partial charge in [0.15, 0.2) is 0 Å². The Morgan fingerprint density at radius 3 is 2.38 bits per heavy atom. The van der Waals surface area contributed by atoms with Crippen molar-refractivity contribution in [2.75, 3.05) is 0 Å². The largest absolute Gasteiger partial charge is 0.424 e. The first-order valence-corrected chi connectivity index (χ1v) is 9.77. The molecule has 136 valence electrons. The summed E-state index contributed by atoms with van der Waals surface area (Å²) in [5, 5.41) is 7.84. The van der Waals surface area contributed by atoms with Crippen LogP contribution in [0.2, 0.25) is 0 Å². The van der Waals surface area contributed by atoms with Gasteiger partial charge in [0.2, 0.25) is 21.8 Å². The molecule has 1 heterocycles. The first kappa shape index (κ1) is 18.3. The molecule has 0 amide bonds. The van der Waals surface area contributed by atoms with Crippen LogP contribution in [-0.2, 0) is 16.4 Å². The molecule has 1 unspecified atom stereocenters. The number of rotatable bonds is 6. The van der Waals surface area contributed by atoms with Gasteiger partial charge in [-0.15, -0.1) is 10.2 Å². The number of aryl methyl sites for hydroxylation is 3. The summed E-state index contributed by atoms with van der Waals surface area (Å²) in [6.07, 6.45) is 0.409. The average Bonchev–Trinajstić information content (AvgIpc) is 3.01. The maximum absolute atomic E-state index is 12.9. The fourth-order valence-electron chi connectivity index (χ4n) is 2.83. The van der Waals surface area contributed by atoms with Gasteiger partial charge < -0.3 is 4.42 Å². The van der Waals surface area contributed by atoms with Gasteiger partial charge in [-0.2, -0.15) is 4.72 Å². The minimum Gasteiger partial charge on any atom is -0.424 e. The lowest BCUT2D eigenvalue weighted by Gasteiger charge is -2.17.